The van der Waals surface area contributed by atoms with Crippen molar-refractivity contribution in [2.75, 3.05) is 18.4 Å². The highest BCUT2D eigenvalue weighted by molar-refractivity contribution is 5.97. The molecule has 0 saturated carbocycles. The van der Waals surface area contributed by atoms with E-state index in [0.717, 1.165) is 6.42 Å². The van der Waals surface area contributed by atoms with Crippen LogP contribution in [0.3, 0.4) is 0 Å². The Hall–Kier alpha value is -3.59. The summed E-state index contributed by atoms with van der Waals surface area (Å²) in [5.74, 6) is 5.88. The molecule has 158 valence electrons. The van der Waals surface area contributed by atoms with Crippen molar-refractivity contribution in [3.05, 3.63) is 66.7 Å². The Bertz CT molecular complexity index is 902. The van der Waals surface area contributed by atoms with Gasteiger partial charge in [-0.15, -0.1) is 0 Å². The monoisotopic (exact) mass is 413 g/mol. The molecule has 2 amide bonds. The van der Waals surface area contributed by atoms with Crippen LogP contribution in [0.25, 0.3) is 0 Å². The maximum absolute atomic E-state index is 13.0. The van der Waals surface area contributed by atoms with E-state index >= 15 is 0 Å². The first kappa shape index (κ1) is 21.1. The third kappa shape index (κ3) is 5.48. The molecule has 30 heavy (non-hydrogen) atoms. The molecule has 1 aliphatic heterocycles. The minimum absolute atomic E-state index is 0.0626. The Morgan fingerprint density at radius 1 is 1.17 bits per heavy atom. The molecule has 2 aromatic carbocycles. The average molecular weight is 413 g/mol. The van der Waals surface area contributed by atoms with Crippen molar-refractivity contribution in [1.82, 2.24) is 9.91 Å². The van der Waals surface area contributed by atoms with E-state index in [1.54, 1.807) is 24.3 Å². The standard InChI is InChI=1S/C21H24FN5O3/c22-15-3-7-17(8-4-15)30-18-9-5-16(6-10-18)25-21(29)19-2-1-12-27(19)20(28)14-26(24)13-11-23/h3-11,13,19H,1-2,12,14,23-24H2,(H,25,29)/b13-11-/t19-/m0/s1. The first-order valence-electron chi connectivity index (χ1n) is 9.50. The summed E-state index contributed by atoms with van der Waals surface area (Å²) in [6.07, 6.45) is 3.95. The number of likely N-dealkylation sites (tertiary alicyclic amines) is 1. The number of nitrogens with zero attached hydrogens (tertiary/aromatic N) is 2. The molecule has 3 rings (SSSR count). The molecule has 0 bridgehead atoms. The maximum atomic E-state index is 13.0. The SMILES string of the molecule is N/C=C\N(N)CC(=O)N1CCC[C@H]1C(=O)Nc1ccc(Oc2ccc(F)cc2)cc1. The topological polar surface area (TPSA) is 114 Å². The number of amides is 2. The van der Waals surface area contributed by atoms with E-state index < -0.39 is 6.04 Å². The van der Waals surface area contributed by atoms with Gasteiger partial charge in [-0.1, -0.05) is 0 Å². The van der Waals surface area contributed by atoms with E-state index in [1.165, 1.54) is 46.6 Å². The molecular formula is C21H24FN5O3. The molecule has 0 aromatic heterocycles. The Kier molecular flexibility index (Phi) is 6.87. The fourth-order valence-electron chi connectivity index (χ4n) is 3.22. The summed E-state index contributed by atoms with van der Waals surface area (Å²) in [7, 11) is 0. The van der Waals surface area contributed by atoms with Crippen LogP contribution in [0.2, 0.25) is 0 Å². The molecule has 1 heterocycles. The van der Waals surface area contributed by atoms with Crippen molar-refractivity contribution in [2.24, 2.45) is 11.6 Å². The number of hydrogen-bond acceptors (Lipinski definition) is 6. The van der Waals surface area contributed by atoms with Crippen LogP contribution in [-0.2, 0) is 9.59 Å². The van der Waals surface area contributed by atoms with Crippen molar-refractivity contribution in [2.45, 2.75) is 18.9 Å². The number of anilines is 1. The van der Waals surface area contributed by atoms with E-state index in [0.29, 0.717) is 30.2 Å². The van der Waals surface area contributed by atoms with Crippen LogP contribution in [0.1, 0.15) is 12.8 Å². The van der Waals surface area contributed by atoms with E-state index in [2.05, 4.69) is 5.32 Å². The zero-order valence-corrected chi connectivity index (χ0v) is 16.3. The average Bonchev–Trinajstić information content (AvgIpc) is 3.21. The maximum Gasteiger partial charge on any atom is 0.247 e. The third-order valence-electron chi connectivity index (χ3n) is 4.64. The largest absolute Gasteiger partial charge is 0.457 e. The Morgan fingerprint density at radius 3 is 2.43 bits per heavy atom. The van der Waals surface area contributed by atoms with Crippen LogP contribution in [0.5, 0.6) is 11.5 Å². The summed E-state index contributed by atoms with van der Waals surface area (Å²) >= 11 is 0. The van der Waals surface area contributed by atoms with Gasteiger partial charge in [0.05, 0.1) is 0 Å². The molecular weight excluding hydrogens is 389 g/mol. The second-order valence-electron chi connectivity index (χ2n) is 6.83. The number of hydrazine groups is 1. The highest BCUT2D eigenvalue weighted by Gasteiger charge is 2.34. The number of halogens is 1. The van der Waals surface area contributed by atoms with Gasteiger partial charge in [-0.2, -0.15) is 0 Å². The van der Waals surface area contributed by atoms with Crippen molar-refractivity contribution in [3.8, 4) is 11.5 Å². The molecule has 0 unspecified atom stereocenters. The lowest BCUT2D eigenvalue weighted by Crippen LogP contribution is -2.47. The molecule has 9 heteroatoms. The first-order valence-corrected chi connectivity index (χ1v) is 9.50. The zero-order chi connectivity index (χ0) is 21.5. The molecule has 2 aromatic rings. The lowest BCUT2D eigenvalue weighted by atomic mass is 10.2. The Labute approximate surface area is 173 Å². The van der Waals surface area contributed by atoms with E-state index in [9.17, 15) is 14.0 Å². The van der Waals surface area contributed by atoms with Gasteiger partial charge in [-0.25, -0.2) is 10.2 Å². The molecule has 1 aliphatic rings. The van der Waals surface area contributed by atoms with Gasteiger partial charge >= 0.3 is 0 Å². The molecule has 1 saturated heterocycles. The van der Waals surface area contributed by atoms with Crippen molar-refractivity contribution < 1.29 is 18.7 Å². The Morgan fingerprint density at radius 2 is 1.80 bits per heavy atom. The van der Waals surface area contributed by atoms with Gasteiger partial charge in [0.2, 0.25) is 11.8 Å². The molecule has 5 N–H and O–H groups in total. The van der Waals surface area contributed by atoms with Gasteiger partial charge in [0.1, 0.15) is 29.9 Å². The summed E-state index contributed by atoms with van der Waals surface area (Å²) in [6, 6.07) is 11.9. The summed E-state index contributed by atoms with van der Waals surface area (Å²) < 4.78 is 18.6. The second kappa shape index (κ2) is 9.75. The number of rotatable bonds is 7. The molecule has 0 aliphatic carbocycles. The third-order valence-corrected chi connectivity index (χ3v) is 4.64. The quantitative estimate of drug-likeness (QED) is 0.473. The van der Waals surface area contributed by atoms with Gasteiger partial charge in [0.25, 0.3) is 0 Å². The van der Waals surface area contributed by atoms with E-state index in [1.807, 2.05) is 0 Å². The Balaban J connectivity index is 1.58. The van der Waals surface area contributed by atoms with Crippen LogP contribution < -0.4 is 21.6 Å². The number of carbonyl (C=O) groups is 2. The van der Waals surface area contributed by atoms with Gasteiger partial charge in [0.15, 0.2) is 0 Å². The minimum atomic E-state index is -0.553. The van der Waals surface area contributed by atoms with Crippen LogP contribution in [-0.4, -0.2) is 40.9 Å². The summed E-state index contributed by atoms with van der Waals surface area (Å²) in [6.45, 7) is 0.439. The molecule has 1 fully saturated rings. The number of benzene rings is 2. The summed E-state index contributed by atoms with van der Waals surface area (Å²) in [4.78, 5) is 26.7. The van der Waals surface area contributed by atoms with Crippen LogP contribution in [0.4, 0.5) is 10.1 Å². The van der Waals surface area contributed by atoms with E-state index in [4.69, 9.17) is 16.3 Å². The number of nitrogens with one attached hydrogen (secondary N) is 1. The summed E-state index contributed by atoms with van der Waals surface area (Å²) in [5.41, 5.74) is 5.85. The first-order chi connectivity index (χ1) is 14.5. The number of hydrogen-bond donors (Lipinski definition) is 3. The number of nitrogens with two attached hydrogens (primary N) is 2. The highest BCUT2D eigenvalue weighted by Crippen LogP contribution is 2.24. The normalized spacial score (nSPS) is 15.9. The van der Waals surface area contributed by atoms with E-state index in [-0.39, 0.29) is 24.2 Å². The molecule has 1 atom stereocenters. The molecule has 0 spiro atoms. The fourth-order valence-corrected chi connectivity index (χ4v) is 3.22. The number of ether oxygens (including phenoxy) is 1. The van der Waals surface area contributed by atoms with Crippen LogP contribution >= 0.6 is 0 Å². The van der Waals surface area contributed by atoms with Gasteiger partial charge < -0.3 is 25.7 Å². The molecule has 0 radical (unpaired) electrons. The lowest BCUT2D eigenvalue weighted by molar-refractivity contribution is -0.137. The summed E-state index contributed by atoms with van der Waals surface area (Å²) in [5, 5.41) is 4.00. The van der Waals surface area contributed by atoms with Crippen molar-refractivity contribution in [1.29, 1.82) is 0 Å². The zero-order valence-electron chi connectivity index (χ0n) is 16.3. The van der Waals surface area contributed by atoms with Gasteiger partial charge in [0, 0.05) is 24.6 Å². The number of carbonyl (C=O) groups excluding carboxylic acids is 2. The minimum Gasteiger partial charge on any atom is -0.457 e. The lowest BCUT2D eigenvalue weighted by Gasteiger charge is -2.25. The second-order valence-corrected chi connectivity index (χ2v) is 6.83. The smallest absolute Gasteiger partial charge is 0.247 e. The fraction of sp³-hybridized carbons (Fsp3) is 0.238. The predicted molar refractivity (Wildman–Crippen MR) is 111 cm³/mol. The highest BCUT2D eigenvalue weighted by atomic mass is 19.1. The predicted octanol–water partition coefficient (Wildman–Crippen LogP) is 2.15. The van der Waals surface area contributed by atoms with Crippen molar-refractivity contribution in [3.63, 3.8) is 0 Å². The molecule has 8 nitrogen and oxygen atoms in total. The van der Waals surface area contributed by atoms with Crippen LogP contribution in [0, 0.1) is 5.82 Å². The van der Waals surface area contributed by atoms with Crippen LogP contribution in [0.15, 0.2) is 60.9 Å². The van der Waals surface area contributed by atoms with Gasteiger partial charge in [-0.3, -0.25) is 9.59 Å². The van der Waals surface area contributed by atoms with Crippen molar-refractivity contribution >= 4 is 17.5 Å². The van der Waals surface area contributed by atoms with Gasteiger partial charge in [-0.05, 0) is 61.4 Å².